The Morgan fingerprint density at radius 2 is 1.68 bits per heavy atom. The molecule has 0 radical (unpaired) electrons. The third-order valence-electron chi connectivity index (χ3n) is 2.89. The Morgan fingerprint density at radius 1 is 0.947 bits per heavy atom. The van der Waals surface area contributed by atoms with Crippen LogP contribution in [0.15, 0.2) is 65.2 Å². The van der Waals surface area contributed by atoms with E-state index in [-0.39, 0.29) is 0 Å². The van der Waals surface area contributed by atoms with Crippen LogP contribution in [0.25, 0.3) is 22.6 Å². The molecule has 0 spiro atoms. The first kappa shape index (κ1) is 11.2. The maximum atomic E-state index is 9.09. The number of benzene rings is 2. The summed E-state index contributed by atoms with van der Waals surface area (Å²) >= 11 is 0. The zero-order chi connectivity index (χ0) is 13.1. The molecule has 0 aliphatic carbocycles. The molecule has 0 atom stereocenters. The van der Waals surface area contributed by atoms with Gasteiger partial charge in [-0.15, -0.1) is 0 Å². The Labute approximate surface area is 110 Å². The molecule has 0 amide bonds. The van der Waals surface area contributed by atoms with Gasteiger partial charge in [0.25, 0.3) is 0 Å². The largest absolute Gasteiger partial charge is 0.356 e. The van der Waals surface area contributed by atoms with Crippen LogP contribution in [0.4, 0.5) is 0 Å². The van der Waals surface area contributed by atoms with Gasteiger partial charge in [0.2, 0.25) is 0 Å². The maximum absolute atomic E-state index is 9.09. The van der Waals surface area contributed by atoms with Gasteiger partial charge < -0.3 is 4.52 Å². The van der Waals surface area contributed by atoms with Crippen molar-refractivity contribution in [1.29, 1.82) is 5.26 Å². The van der Waals surface area contributed by atoms with Crippen molar-refractivity contribution in [2.45, 2.75) is 0 Å². The predicted octanol–water partition coefficient (Wildman–Crippen LogP) is 3.88. The van der Waals surface area contributed by atoms with Crippen LogP contribution in [-0.2, 0) is 0 Å². The van der Waals surface area contributed by atoms with Gasteiger partial charge in [0.1, 0.15) is 5.69 Å². The molecule has 0 fully saturated rings. The minimum absolute atomic E-state index is 0.582. The normalized spacial score (nSPS) is 10.1. The third-order valence-corrected chi connectivity index (χ3v) is 2.89. The predicted molar refractivity (Wildman–Crippen MR) is 72.1 cm³/mol. The number of nitrogens with zero attached hydrogens (tertiary/aromatic N) is 2. The molecule has 0 N–H and O–H groups in total. The van der Waals surface area contributed by atoms with Crippen LogP contribution < -0.4 is 0 Å². The van der Waals surface area contributed by atoms with Crippen LogP contribution in [0.3, 0.4) is 0 Å². The molecule has 3 rings (SSSR count). The van der Waals surface area contributed by atoms with Gasteiger partial charge in [0, 0.05) is 17.2 Å². The summed E-state index contributed by atoms with van der Waals surface area (Å²) in [6.45, 7) is 0. The van der Waals surface area contributed by atoms with E-state index in [0.717, 1.165) is 16.8 Å². The fourth-order valence-electron chi connectivity index (χ4n) is 1.94. The third kappa shape index (κ3) is 2.12. The van der Waals surface area contributed by atoms with Gasteiger partial charge >= 0.3 is 0 Å². The summed E-state index contributed by atoms with van der Waals surface area (Å²) in [6, 6.07) is 21.1. The van der Waals surface area contributed by atoms with Crippen molar-refractivity contribution in [3.05, 3.63) is 66.2 Å². The molecule has 3 heteroatoms. The second-order valence-electron chi connectivity index (χ2n) is 4.10. The van der Waals surface area contributed by atoms with E-state index in [1.807, 2.05) is 54.6 Å². The first-order valence-electron chi connectivity index (χ1n) is 5.90. The highest BCUT2D eigenvalue weighted by atomic mass is 16.5. The van der Waals surface area contributed by atoms with Crippen LogP contribution in [-0.4, -0.2) is 5.16 Å². The van der Waals surface area contributed by atoms with E-state index in [1.54, 1.807) is 6.07 Å². The zero-order valence-electron chi connectivity index (χ0n) is 10.1. The summed E-state index contributed by atoms with van der Waals surface area (Å²) in [7, 11) is 0. The van der Waals surface area contributed by atoms with Crippen LogP contribution in [0.2, 0.25) is 0 Å². The van der Waals surface area contributed by atoms with Crippen LogP contribution >= 0.6 is 0 Å². The summed E-state index contributed by atoms with van der Waals surface area (Å²) in [4.78, 5) is 0. The van der Waals surface area contributed by atoms with Gasteiger partial charge in [-0.05, 0) is 12.1 Å². The molecule has 19 heavy (non-hydrogen) atoms. The fourth-order valence-corrected chi connectivity index (χ4v) is 1.94. The van der Waals surface area contributed by atoms with E-state index < -0.39 is 0 Å². The number of aromatic nitrogens is 1. The lowest BCUT2D eigenvalue weighted by Gasteiger charge is -1.96. The topological polar surface area (TPSA) is 49.8 Å². The first-order chi connectivity index (χ1) is 9.38. The average Bonchev–Trinajstić information content (AvgIpc) is 2.98. The second kappa shape index (κ2) is 4.79. The Hall–Kier alpha value is -2.86. The van der Waals surface area contributed by atoms with E-state index in [9.17, 15) is 0 Å². The summed E-state index contributed by atoms with van der Waals surface area (Å²) in [5, 5.41) is 13.1. The summed E-state index contributed by atoms with van der Waals surface area (Å²) < 4.78 is 5.35. The van der Waals surface area contributed by atoms with Crippen molar-refractivity contribution in [3.63, 3.8) is 0 Å². The standard InChI is InChI=1S/C16H10N2O/c17-11-13-8-4-5-9-14(13)16-10-15(18-19-16)12-6-2-1-3-7-12/h1-10H. The molecule has 2 aromatic carbocycles. The molecule has 0 saturated carbocycles. The van der Waals surface area contributed by atoms with Crippen LogP contribution in [0.1, 0.15) is 5.56 Å². The SMILES string of the molecule is N#Cc1ccccc1-c1cc(-c2ccccc2)no1. The molecular formula is C16H10N2O. The van der Waals surface area contributed by atoms with E-state index in [4.69, 9.17) is 9.78 Å². The van der Waals surface area contributed by atoms with Gasteiger partial charge in [0.15, 0.2) is 5.76 Å². The number of nitriles is 1. The number of hydrogen-bond acceptors (Lipinski definition) is 3. The molecule has 90 valence electrons. The fraction of sp³-hybridized carbons (Fsp3) is 0. The molecule has 1 aromatic heterocycles. The summed E-state index contributed by atoms with van der Waals surface area (Å²) in [5.74, 6) is 0.607. The van der Waals surface area contributed by atoms with Crippen molar-refractivity contribution in [2.24, 2.45) is 0 Å². The molecule has 0 saturated heterocycles. The van der Waals surface area contributed by atoms with E-state index in [0.29, 0.717) is 11.3 Å². The lowest BCUT2D eigenvalue weighted by atomic mass is 10.1. The molecule has 3 nitrogen and oxygen atoms in total. The Kier molecular flexibility index (Phi) is 2.83. The van der Waals surface area contributed by atoms with Crippen molar-refractivity contribution < 1.29 is 4.52 Å². The Balaban J connectivity index is 2.05. The van der Waals surface area contributed by atoms with Crippen molar-refractivity contribution in [2.75, 3.05) is 0 Å². The van der Waals surface area contributed by atoms with Crippen molar-refractivity contribution >= 4 is 0 Å². The molecule has 0 bridgehead atoms. The lowest BCUT2D eigenvalue weighted by Crippen LogP contribution is -1.80. The van der Waals surface area contributed by atoms with Crippen LogP contribution in [0.5, 0.6) is 0 Å². The van der Waals surface area contributed by atoms with Crippen molar-refractivity contribution in [3.8, 4) is 28.7 Å². The maximum Gasteiger partial charge on any atom is 0.168 e. The Morgan fingerprint density at radius 3 is 2.47 bits per heavy atom. The van der Waals surface area contributed by atoms with E-state index in [1.165, 1.54) is 0 Å². The van der Waals surface area contributed by atoms with Crippen molar-refractivity contribution in [1.82, 2.24) is 5.16 Å². The molecule has 0 unspecified atom stereocenters. The van der Waals surface area contributed by atoms with Gasteiger partial charge in [-0.3, -0.25) is 0 Å². The molecule has 1 heterocycles. The van der Waals surface area contributed by atoms with Crippen LogP contribution in [0, 0.1) is 11.3 Å². The Bertz CT molecular complexity index is 739. The lowest BCUT2D eigenvalue weighted by molar-refractivity contribution is 0.435. The summed E-state index contributed by atoms with van der Waals surface area (Å²) in [5.41, 5.74) is 3.10. The minimum atomic E-state index is 0.582. The summed E-state index contributed by atoms with van der Waals surface area (Å²) in [6.07, 6.45) is 0. The highest BCUT2D eigenvalue weighted by Gasteiger charge is 2.11. The van der Waals surface area contributed by atoms with Gasteiger partial charge in [-0.25, -0.2) is 0 Å². The highest BCUT2D eigenvalue weighted by molar-refractivity contribution is 5.70. The van der Waals surface area contributed by atoms with E-state index in [2.05, 4.69) is 11.2 Å². The molecule has 3 aromatic rings. The highest BCUT2D eigenvalue weighted by Crippen LogP contribution is 2.27. The monoisotopic (exact) mass is 246 g/mol. The van der Waals surface area contributed by atoms with E-state index >= 15 is 0 Å². The molecular weight excluding hydrogens is 236 g/mol. The minimum Gasteiger partial charge on any atom is -0.356 e. The zero-order valence-corrected chi connectivity index (χ0v) is 10.1. The van der Waals surface area contributed by atoms with Gasteiger partial charge in [-0.2, -0.15) is 5.26 Å². The quantitative estimate of drug-likeness (QED) is 0.689. The average molecular weight is 246 g/mol. The number of rotatable bonds is 2. The molecule has 0 aliphatic heterocycles. The van der Waals surface area contributed by atoms with Gasteiger partial charge in [-0.1, -0.05) is 47.6 Å². The first-order valence-corrected chi connectivity index (χ1v) is 5.90. The molecule has 0 aliphatic rings. The van der Waals surface area contributed by atoms with Gasteiger partial charge in [0.05, 0.1) is 11.6 Å². The number of hydrogen-bond donors (Lipinski definition) is 0. The second-order valence-corrected chi connectivity index (χ2v) is 4.10. The smallest absolute Gasteiger partial charge is 0.168 e.